The van der Waals surface area contributed by atoms with Gasteiger partial charge in [-0.2, -0.15) is 0 Å². The highest BCUT2D eigenvalue weighted by molar-refractivity contribution is 5.87. The van der Waals surface area contributed by atoms with Crippen molar-refractivity contribution in [1.29, 1.82) is 0 Å². The molecule has 0 radical (unpaired) electrons. The topological polar surface area (TPSA) is 89.0 Å². The number of likely N-dealkylation sites (tertiary alicyclic amines) is 1. The normalized spacial score (nSPS) is 25.9. The molecule has 1 aromatic heterocycles. The molecule has 0 unspecified atom stereocenters. The van der Waals surface area contributed by atoms with Gasteiger partial charge in [-0.3, -0.25) is 4.79 Å². The van der Waals surface area contributed by atoms with Crippen LogP contribution < -0.4 is 4.74 Å². The third-order valence-electron chi connectivity index (χ3n) is 9.36. The molecule has 2 aromatic rings. The smallest absolute Gasteiger partial charge is 0.326 e. The van der Waals surface area contributed by atoms with Crippen LogP contribution in [0.3, 0.4) is 0 Å². The zero-order valence-corrected chi connectivity index (χ0v) is 24.3. The summed E-state index contributed by atoms with van der Waals surface area (Å²) in [6, 6.07) is 10.5. The molecule has 1 N–H and O–H groups in total. The Bertz CT molecular complexity index is 1180. The minimum Gasteiger partial charge on any atom is -0.481 e. The van der Waals surface area contributed by atoms with Gasteiger partial charge in [0, 0.05) is 23.6 Å². The van der Waals surface area contributed by atoms with Crippen molar-refractivity contribution in [2.45, 2.75) is 103 Å². The van der Waals surface area contributed by atoms with Crippen molar-refractivity contribution in [2.24, 2.45) is 17.3 Å². The second-order valence-electron chi connectivity index (χ2n) is 13.0. The molecule has 2 heterocycles. The molecule has 216 valence electrons. The quantitative estimate of drug-likeness (QED) is 0.404. The average Bonchev–Trinajstić information content (AvgIpc) is 3.28. The molecule has 7 heteroatoms. The number of amides is 1. The van der Waals surface area contributed by atoms with Gasteiger partial charge < -0.3 is 19.5 Å². The highest BCUT2D eigenvalue weighted by Crippen LogP contribution is 2.51. The fraction of sp³-hybridized carbons (Fsp3) is 0.606. The first-order valence-electron chi connectivity index (χ1n) is 14.9. The van der Waals surface area contributed by atoms with Crippen molar-refractivity contribution in [3.05, 3.63) is 59.3 Å². The van der Waals surface area contributed by atoms with Gasteiger partial charge in [-0.05, 0) is 54.2 Å². The van der Waals surface area contributed by atoms with Gasteiger partial charge in [0.15, 0.2) is 0 Å². The summed E-state index contributed by atoms with van der Waals surface area (Å²) in [6.45, 7) is 6.40. The molecule has 5 rings (SSSR count). The fourth-order valence-electron chi connectivity index (χ4n) is 7.10. The SMILES string of the molecule is COc1ncc(C2CCC2)cc1CO[C@H]1[C@H](C(C)(C)C)[C@@H](C(=O)O)N(C(=O)C2CCCCC2)[C@H]1c1ccccc1. The summed E-state index contributed by atoms with van der Waals surface area (Å²) in [6.07, 6.45) is 9.70. The molecule has 1 aliphatic heterocycles. The Labute approximate surface area is 238 Å². The molecule has 2 aliphatic carbocycles. The van der Waals surface area contributed by atoms with E-state index in [1.807, 2.05) is 36.5 Å². The third-order valence-corrected chi connectivity index (χ3v) is 9.36. The zero-order chi connectivity index (χ0) is 28.4. The number of rotatable bonds is 8. The number of aliphatic carboxylic acids is 1. The number of aromatic nitrogens is 1. The van der Waals surface area contributed by atoms with Gasteiger partial charge in [-0.15, -0.1) is 0 Å². The Morgan fingerprint density at radius 2 is 1.70 bits per heavy atom. The van der Waals surface area contributed by atoms with Crippen LogP contribution >= 0.6 is 0 Å². The van der Waals surface area contributed by atoms with E-state index in [9.17, 15) is 14.7 Å². The molecule has 2 saturated carbocycles. The summed E-state index contributed by atoms with van der Waals surface area (Å²) < 4.78 is 12.4. The number of hydrogen-bond acceptors (Lipinski definition) is 5. The van der Waals surface area contributed by atoms with Gasteiger partial charge >= 0.3 is 5.97 Å². The highest BCUT2D eigenvalue weighted by atomic mass is 16.5. The highest BCUT2D eigenvalue weighted by Gasteiger charge is 2.59. The maximum absolute atomic E-state index is 14.2. The minimum absolute atomic E-state index is 0.0486. The Hall–Kier alpha value is -2.93. The van der Waals surface area contributed by atoms with Crippen LogP contribution in [-0.2, 0) is 20.9 Å². The molecular weight excluding hydrogens is 504 g/mol. The number of pyridine rings is 1. The van der Waals surface area contributed by atoms with Crippen molar-refractivity contribution in [3.63, 3.8) is 0 Å². The third kappa shape index (κ3) is 5.63. The van der Waals surface area contributed by atoms with E-state index in [0.29, 0.717) is 11.8 Å². The summed E-state index contributed by atoms with van der Waals surface area (Å²) >= 11 is 0. The number of carboxylic acid groups (broad SMARTS) is 1. The number of hydrogen-bond donors (Lipinski definition) is 1. The van der Waals surface area contributed by atoms with E-state index < -0.39 is 35.5 Å². The summed E-state index contributed by atoms with van der Waals surface area (Å²) in [5.74, 6) is -0.548. The number of nitrogens with zero attached hydrogens (tertiary/aromatic N) is 2. The summed E-state index contributed by atoms with van der Waals surface area (Å²) in [7, 11) is 1.61. The van der Waals surface area contributed by atoms with E-state index in [0.717, 1.165) is 56.1 Å². The fourth-order valence-corrected chi connectivity index (χ4v) is 7.10. The number of carbonyl (C=O) groups is 2. The number of benzene rings is 1. The van der Waals surface area contributed by atoms with Gasteiger partial charge in [0.1, 0.15) is 6.04 Å². The minimum atomic E-state index is -0.981. The van der Waals surface area contributed by atoms with Crippen LogP contribution in [0.2, 0.25) is 0 Å². The number of carboxylic acids is 1. The Balaban J connectivity index is 1.55. The van der Waals surface area contributed by atoms with E-state index in [1.54, 1.807) is 12.0 Å². The first-order chi connectivity index (χ1) is 19.2. The lowest BCUT2D eigenvalue weighted by atomic mass is 9.73. The van der Waals surface area contributed by atoms with Crippen molar-refractivity contribution in [2.75, 3.05) is 7.11 Å². The Morgan fingerprint density at radius 1 is 1.00 bits per heavy atom. The Kier molecular flexibility index (Phi) is 8.50. The van der Waals surface area contributed by atoms with E-state index in [2.05, 4.69) is 31.8 Å². The molecular formula is C33H44N2O5. The lowest BCUT2D eigenvalue weighted by Gasteiger charge is -2.35. The van der Waals surface area contributed by atoms with Crippen LogP contribution in [0.5, 0.6) is 5.88 Å². The van der Waals surface area contributed by atoms with Crippen molar-refractivity contribution >= 4 is 11.9 Å². The van der Waals surface area contributed by atoms with E-state index in [1.165, 1.54) is 12.0 Å². The molecule has 40 heavy (non-hydrogen) atoms. The van der Waals surface area contributed by atoms with E-state index in [-0.39, 0.29) is 18.4 Å². The summed E-state index contributed by atoms with van der Waals surface area (Å²) in [5.41, 5.74) is 2.53. The second kappa shape index (κ2) is 11.9. The van der Waals surface area contributed by atoms with E-state index >= 15 is 0 Å². The van der Waals surface area contributed by atoms with Crippen LogP contribution in [0.15, 0.2) is 42.6 Å². The summed E-state index contributed by atoms with van der Waals surface area (Å²) in [4.78, 5) is 33.5. The number of carbonyl (C=O) groups excluding carboxylic acids is 1. The zero-order valence-electron chi connectivity index (χ0n) is 24.3. The molecule has 3 fully saturated rings. The predicted octanol–water partition coefficient (Wildman–Crippen LogP) is 6.52. The van der Waals surface area contributed by atoms with Crippen LogP contribution in [0.4, 0.5) is 0 Å². The summed E-state index contributed by atoms with van der Waals surface area (Å²) in [5, 5.41) is 10.7. The molecule has 1 saturated heterocycles. The lowest BCUT2D eigenvalue weighted by Crippen LogP contribution is -2.49. The van der Waals surface area contributed by atoms with Crippen LogP contribution in [0.1, 0.15) is 101 Å². The molecule has 0 spiro atoms. The van der Waals surface area contributed by atoms with Crippen molar-refractivity contribution in [1.82, 2.24) is 9.88 Å². The van der Waals surface area contributed by atoms with Crippen LogP contribution in [0.25, 0.3) is 0 Å². The lowest BCUT2D eigenvalue weighted by molar-refractivity contribution is -0.154. The van der Waals surface area contributed by atoms with Crippen LogP contribution in [0, 0.1) is 17.3 Å². The maximum atomic E-state index is 14.2. The van der Waals surface area contributed by atoms with Crippen molar-refractivity contribution < 1.29 is 24.2 Å². The molecule has 1 amide bonds. The van der Waals surface area contributed by atoms with Gasteiger partial charge in [-0.1, -0.05) is 76.8 Å². The molecule has 3 aliphatic rings. The second-order valence-corrected chi connectivity index (χ2v) is 13.0. The van der Waals surface area contributed by atoms with Gasteiger partial charge in [0.25, 0.3) is 0 Å². The van der Waals surface area contributed by atoms with Gasteiger partial charge in [0.2, 0.25) is 11.8 Å². The van der Waals surface area contributed by atoms with Gasteiger partial charge in [-0.25, -0.2) is 9.78 Å². The van der Waals surface area contributed by atoms with Gasteiger partial charge in [0.05, 0.1) is 25.9 Å². The first-order valence-corrected chi connectivity index (χ1v) is 14.9. The number of ether oxygens (including phenoxy) is 2. The Morgan fingerprint density at radius 3 is 2.27 bits per heavy atom. The predicted molar refractivity (Wildman–Crippen MR) is 153 cm³/mol. The van der Waals surface area contributed by atoms with Crippen LogP contribution in [-0.4, -0.2) is 46.1 Å². The average molecular weight is 549 g/mol. The van der Waals surface area contributed by atoms with Crippen molar-refractivity contribution in [3.8, 4) is 5.88 Å². The largest absolute Gasteiger partial charge is 0.481 e. The molecule has 4 atom stereocenters. The van der Waals surface area contributed by atoms with E-state index in [4.69, 9.17) is 9.47 Å². The molecule has 0 bridgehead atoms. The maximum Gasteiger partial charge on any atom is 0.326 e. The standard InChI is InChI=1S/C33H44N2O5/c1-33(2,3)26-28(32(37)38)35(31(36)23-14-9-6-10-15-23)27(22-12-7-5-8-13-22)29(26)40-20-25-18-24(21-16-11-17-21)19-34-30(25)39-4/h5,7-8,12-13,18-19,21,23,26-29H,6,9-11,14-17,20H2,1-4H3,(H,37,38)/t26-,27+,28+,29+/m1/s1. The molecule has 7 nitrogen and oxygen atoms in total. The first kappa shape index (κ1) is 28.6. The molecule has 1 aromatic carbocycles. The number of methoxy groups -OCH3 is 1. The monoisotopic (exact) mass is 548 g/mol.